The van der Waals surface area contributed by atoms with Gasteiger partial charge in [0.25, 0.3) is 0 Å². The van der Waals surface area contributed by atoms with Crippen LogP contribution in [0.3, 0.4) is 0 Å². The third-order valence-electron chi connectivity index (χ3n) is 6.78. The number of nitrogens with one attached hydrogen (secondary N) is 1. The van der Waals surface area contributed by atoms with Crippen LogP contribution in [0.5, 0.6) is 0 Å². The summed E-state index contributed by atoms with van der Waals surface area (Å²) in [6.45, 7) is 1.86. The summed E-state index contributed by atoms with van der Waals surface area (Å²) in [6, 6.07) is 22.5. The average molecular weight is 492 g/mol. The monoisotopic (exact) mass is 491 g/mol. The first-order chi connectivity index (χ1) is 16.7. The minimum absolute atomic E-state index is 0.0524. The Morgan fingerprint density at radius 1 is 0.886 bits per heavy atom. The standard InChI is InChI=1S/C28H29NO5S/c1-20-9-15-24(16-10-20)35(33,34)28(17-5-6-18-28)27(32)29-25(26(30)31)19-21-11-13-23(14-12-21)22-7-3-2-4-8-22/h2-4,7-16,25H,5-6,17-19H2,1H3,(H,29,32)(H,30,31)/t25-/m0/s1. The van der Waals surface area contributed by atoms with E-state index < -0.39 is 32.5 Å². The zero-order valence-corrected chi connectivity index (χ0v) is 20.4. The molecule has 0 aromatic heterocycles. The Morgan fingerprint density at radius 3 is 2.03 bits per heavy atom. The van der Waals surface area contributed by atoms with Crippen LogP contribution in [0.4, 0.5) is 0 Å². The van der Waals surface area contributed by atoms with Crippen LogP contribution in [0.25, 0.3) is 11.1 Å². The van der Waals surface area contributed by atoms with Crippen molar-refractivity contribution in [1.29, 1.82) is 0 Å². The smallest absolute Gasteiger partial charge is 0.326 e. The van der Waals surface area contributed by atoms with Crippen molar-refractivity contribution >= 4 is 21.7 Å². The zero-order chi connectivity index (χ0) is 25.1. The van der Waals surface area contributed by atoms with E-state index in [1.165, 1.54) is 12.1 Å². The lowest BCUT2D eigenvalue weighted by Gasteiger charge is -2.29. The van der Waals surface area contributed by atoms with Gasteiger partial charge in [-0.3, -0.25) is 4.79 Å². The molecule has 1 atom stereocenters. The molecule has 0 heterocycles. The van der Waals surface area contributed by atoms with Crippen LogP contribution < -0.4 is 5.32 Å². The molecule has 1 fully saturated rings. The van der Waals surface area contributed by atoms with Gasteiger partial charge in [-0.2, -0.15) is 0 Å². The van der Waals surface area contributed by atoms with E-state index in [0.29, 0.717) is 12.8 Å². The molecular weight excluding hydrogens is 462 g/mol. The highest BCUT2D eigenvalue weighted by Gasteiger charge is 2.53. The van der Waals surface area contributed by atoms with Gasteiger partial charge in [-0.05, 0) is 48.6 Å². The van der Waals surface area contributed by atoms with Gasteiger partial charge >= 0.3 is 5.97 Å². The Labute approximate surface area is 205 Å². The number of carbonyl (C=O) groups is 2. The van der Waals surface area contributed by atoms with E-state index in [9.17, 15) is 23.1 Å². The van der Waals surface area contributed by atoms with Crippen LogP contribution in [0, 0.1) is 6.92 Å². The predicted octanol–water partition coefficient (Wildman–Crippen LogP) is 4.56. The number of aliphatic carboxylic acids is 1. The van der Waals surface area contributed by atoms with Crippen molar-refractivity contribution in [3.8, 4) is 11.1 Å². The number of hydrogen-bond donors (Lipinski definition) is 2. The van der Waals surface area contributed by atoms with Crippen LogP contribution in [-0.4, -0.2) is 36.2 Å². The van der Waals surface area contributed by atoms with Crippen molar-refractivity contribution in [2.45, 2.75) is 54.7 Å². The lowest BCUT2D eigenvalue weighted by Crippen LogP contribution is -2.55. The van der Waals surface area contributed by atoms with Gasteiger partial charge in [-0.25, -0.2) is 13.2 Å². The third kappa shape index (κ3) is 5.00. The molecular formula is C28H29NO5S. The van der Waals surface area contributed by atoms with E-state index in [1.54, 1.807) is 12.1 Å². The molecule has 4 rings (SSSR count). The molecule has 0 bridgehead atoms. The molecule has 0 spiro atoms. The topological polar surface area (TPSA) is 101 Å². The number of sulfone groups is 1. The quantitative estimate of drug-likeness (QED) is 0.481. The number of hydrogen-bond acceptors (Lipinski definition) is 4. The van der Waals surface area contributed by atoms with Crippen molar-refractivity contribution in [2.75, 3.05) is 0 Å². The Morgan fingerprint density at radius 2 is 1.46 bits per heavy atom. The number of amides is 1. The number of benzene rings is 3. The third-order valence-corrected chi connectivity index (χ3v) is 9.29. The fraction of sp³-hybridized carbons (Fsp3) is 0.286. The summed E-state index contributed by atoms with van der Waals surface area (Å²) in [6.07, 6.45) is 1.59. The maximum atomic E-state index is 13.6. The highest BCUT2D eigenvalue weighted by Crippen LogP contribution is 2.41. The van der Waals surface area contributed by atoms with E-state index in [4.69, 9.17) is 0 Å². The number of carboxylic acids is 1. The molecule has 0 aliphatic heterocycles. The lowest BCUT2D eigenvalue weighted by molar-refractivity contribution is -0.142. The molecule has 1 saturated carbocycles. The maximum Gasteiger partial charge on any atom is 0.326 e. The van der Waals surface area contributed by atoms with Gasteiger partial charge < -0.3 is 10.4 Å². The molecule has 2 N–H and O–H groups in total. The van der Waals surface area contributed by atoms with E-state index >= 15 is 0 Å². The molecule has 1 amide bonds. The van der Waals surface area contributed by atoms with Gasteiger partial charge in [0.2, 0.25) is 5.91 Å². The maximum absolute atomic E-state index is 13.6. The molecule has 7 heteroatoms. The van der Waals surface area contributed by atoms with E-state index in [1.807, 2.05) is 61.5 Å². The van der Waals surface area contributed by atoms with E-state index in [-0.39, 0.29) is 24.2 Å². The van der Waals surface area contributed by atoms with Crippen LogP contribution >= 0.6 is 0 Å². The summed E-state index contributed by atoms with van der Waals surface area (Å²) < 4.78 is 25.5. The van der Waals surface area contributed by atoms with Crippen molar-refractivity contribution in [3.63, 3.8) is 0 Å². The Kier molecular flexibility index (Phi) is 7.08. The van der Waals surface area contributed by atoms with Crippen LogP contribution in [0.1, 0.15) is 36.8 Å². The van der Waals surface area contributed by atoms with Crippen molar-refractivity contribution in [1.82, 2.24) is 5.32 Å². The number of rotatable bonds is 8. The highest BCUT2D eigenvalue weighted by atomic mass is 32.2. The zero-order valence-electron chi connectivity index (χ0n) is 19.6. The molecule has 3 aromatic rings. The Hall–Kier alpha value is -3.45. The average Bonchev–Trinajstić information content (AvgIpc) is 3.37. The molecule has 6 nitrogen and oxygen atoms in total. The van der Waals surface area contributed by atoms with Gasteiger partial charge in [0.05, 0.1) is 4.90 Å². The molecule has 3 aromatic carbocycles. The molecule has 0 unspecified atom stereocenters. The predicted molar refractivity (Wildman–Crippen MR) is 135 cm³/mol. The largest absolute Gasteiger partial charge is 0.480 e. The number of carboxylic acid groups (broad SMARTS) is 1. The fourth-order valence-electron chi connectivity index (χ4n) is 4.70. The van der Waals surface area contributed by atoms with Crippen LogP contribution in [0.15, 0.2) is 83.8 Å². The highest BCUT2D eigenvalue weighted by molar-refractivity contribution is 7.93. The summed E-state index contributed by atoms with van der Waals surface area (Å²) in [7, 11) is -4.00. The molecule has 1 aliphatic carbocycles. The van der Waals surface area contributed by atoms with Gasteiger partial charge in [0, 0.05) is 6.42 Å². The summed E-state index contributed by atoms with van der Waals surface area (Å²) in [5.41, 5.74) is 3.70. The second-order valence-electron chi connectivity index (χ2n) is 9.15. The summed E-state index contributed by atoms with van der Waals surface area (Å²) in [5, 5.41) is 12.4. The first-order valence-electron chi connectivity index (χ1n) is 11.7. The van der Waals surface area contributed by atoms with E-state index in [0.717, 1.165) is 22.3 Å². The number of aryl methyl sites for hydroxylation is 1. The normalized spacial score (nSPS) is 15.9. The van der Waals surface area contributed by atoms with Gasteiger partial charge in [-0.1, -0.05) is 85.1 Å². The summed E-state index contributed by atoms with van der Waals surface area (Å²) >= 11 is 0. The van der Waals surface area contributed by atoms with E-state index in [2.05, 4.69) is 5.32 Å². The SMILES string of the molecule is Cc1ccc(S(=O)(=O)C2(C(=O)N[C@@H](Cc3ccc(-c4ccccc4)cc3)C(=O)O)CCCC2)cc1. The molecule has 35 heavy (non-hydrogen) atoms. The summed E-state index contributed by atoms with van der Waals surface area (Å²) in [4.78, 5) is 25.6. The second kappa shape index (κ2) is 10.0. The lowest BCUT2D eigenvalue weighted by atomic mass is 9.99. The Bertz CT molecular complexity index is 1290. The first-order valence-corrected chi connectivity index (χ1v) is 13.2. The molecule has 0 radical (unpaired) electrons. The van der Waals surface area contributed by atoms with Crippen molar-refractivity contribution in [2.24, 2.45) is 0 Å². The molecule has 1 aliphatic rings. The van der Waals surface area contributed by atoms with Crippen LogP contribution in [0.2, 0.25) is 0 Å². The molecule has 182 valence electrons. The Balaban J connectivity index is 1.55. The van der Waals surface area contributed by atoms with Crippen molar-refractivity contribution in [3.05, 3.63) is 90.0 Å². The fourth-order valence-corrected chi connectivity index (χ4v) is 6.77. The molecule has 0 saturated heterocycles. The van der Waals surface area contributed by atoms with Crippen molar-refractivity contribution < 1.29 is 23.1 Å². The second-order valence-corrected chi connectivity index (χ2v) is 11.4. The minimum Gasteiger partial charge on any atom is -0.480 e. The number of carbonyl (C=O) groups excluding carboxylic acids is 1. The first kappa shape index (κ1) is 24.7. The minimum atomic E-state index is -4.00. The van der Waals surface area contributed by atoms with Gasteiger partial charge in [0.15, 0.2) is 14.6 Å². The van der Waals surface area contributed by atoms with Gasteiger partial charge in [0.1, 0.15) is 6.04 Å². The van der Waals surface area contributed by atoms with Gasteiger partial charge in [-0.15, -0.1) is 0 Å². The van der Waals surface area contributed by atoms with Crippen LogP contribution in [-0.2, 0) is 25.8 Å². The summed E-state index contributed by atoms with van der Waals surface area (Å²) in [5.74, 6) is -1.93.